The molecule has 1 saturated heterocycles. The van der Waals surface area contributed by atoms with Gasteiger partial charge in [0.15, 0.2) is 0 Å². The lowest BCUT2D eigenvalue weighted by molar-refractivity contribution is -0.132. The Balaban J connectivity index is 1.94. The SMILES string of the molecule is O=C1CCCCCCN1Cc1ccc(C#CCCO)s1. The van der Waals surface area contributed by atoms with Gasteiger partial charge in [-0.25, -0.2) is 0 Å². The molecule has 0 saturated carbocycles. The number of aliphatic hydroxyl groups is 1. The quantitative estimate of drug-likeness (QED) is 0.870. The fraction of sp³-hybridized carbons (Fsp3) is 0.562. The molecule has 20 heavy (non-hydrogen) atoms. The van der Waals surface area contributed by atoms with Gasteiger partial charge in [-0.2, -0.15) is 0 Å². The van der Waals surface area contributed by atoms with Crippen LogP contribution >= 0.6 is 11.3 Å². The average Bonchev–Trinajstić information content (AvgIpc) is 2.87. The standard InChI is InChI=1S/C16H21NO2S/c18-12-6-4-7-14-9-10-15(20-14)13-17-11-5-2-1-3-8-16(17)19/h9-10,18H,1-3,5-6,8,11-13H2. The van der Waals surface area contributed by atoms with Gasteiger partial charge >= 0.3 is 0 Å². The molecule has 1 amide bonds. The zero-order valence-corrected chi connectivity index (χ0v) is 12.5. The summed E-state index contributed by atoms with van der Waals surface area (Å²) >= 11 is 1.64. The number of carbonyl (C=O) groups is 1. The Hall–Kier alpha value is -1.31. The summed E-state index contributed by atoms with van der Waals surface area (Å²) in [5.41, 5.74) is 0. The maximum atomic E-state index is 12.1. The number of likely N-dealkylation sites (tertiary alicyclic amines) is 1. The van der Waals surface area contributed by atoms with Crippen molar-refractivity contribution in [2.45, 2.75) is 45.1 Å². The Bertz CT molecular complexity index is 498. The van der Waals surface area contributed by atoms with Gasteiger partial charge in [0.25, 0.3) is 0 Å². The molecule has 4 heteroatoms. The molecule has 0 aromatic carbocycles. The molecule has 0 atom stereocenters. The number of rotatable bonds is 3. The summed E-state index contributed by atoms with van der Waals surface area (Å²) in [6.07, 6.45) is 5.75. The smallest absolute Gasteiger partial charge is 0.222 e. The number of nitrogens with zero attached hydrogens (tertiary/aromatic N) is 1. The lowest BCUT2D eigenvalue weighted by Gasteiger charge is -2.24. The van der Waals surface area contributed by atoms with E-state index in [1.165, 1.54) is 17.7 Å². The van der Waals surface area contributed by atoms with Gasteiger partial charge in [0.2, 0.25) is 5.91 Å². The second-order valence-corrected chi connectivity index (χ2v) is 6.19. The number of hydrogen-bond acceptors (Lipinski definition) is 3. The highest BCUT2D eigenvalue weighted by molar-refractivity contribution is 7.12. The van der Waals surface area contributed by atoms with Crippen molar-refractivity contribution >= 4 is 17.2 Å². The third kappa shape index (κ3) is 4.66. The summed E-state index contributed by atoms with van der Waals surface area (Å²) in [6.45, 7) is 1.70. The van der Waals surface area contributed by atoms with E-state index in [1.807, 2.05) is 11.0 Å². The molecule has 1 N–H and O–H groups in total. The molecule has 2 heterocycles. The molecule has 3 nitrogen and oxygen atoms in total. The van der Waals surface area contributed by atoms with E-state index in [0.717, 1.165) is 24.3 Å². The molecule has 0 spiro atoms. The summed E-state index contributed by atoms with van der Waals surface area (Å²) < 4.78 is 0. The van der Waals surface area contributed by atoms with Crippen molar-refractivity contribution in [3.63, 3.8) is 0 Å². The zero-order valence-electron chi connectivity index (χ0n) is 11.7. The van der Waals surface area contributed by atoms with Crippen molar-refractivity contribution < 1.29 is 9.90 Å². The van der Waals surface area contributed by atoms with E-state index < -0.39 is 0 Å². The van der Waals surface area contributed by atoms with Crippen molar-refractivity contribution in [3.8, 4) is 11.8 Å². The largest absolute Gasteiger partial charge is 0.395 e. The highest BCUT2D eigenvalue weighted by atomic mass is 32.1. The third-order valence-electron chi connectivity index (χ3n) is 3.38. The van der Waals surface area contributed by atoms with Crippen LogP contribution in [0.1, 0.15) is 48.3 Å². The summed E-state index contributed by atoms with van der Waals surface area (Å²) in [5, 5.41) is 8.70. The van der Waals surface area contributed by atoms with Crippen molar-refractivity contribution in [1.82, 2.24) is 4.90 Å². The fourth-order valence-corrected chi connectivity index (χ4v) is 3.20. The molecule has 108 valence electrons. The van der Waals surface area contributed by atoms with Gasteiger partial charge in [-0.15, -0.1) is 11.3 Å². The average molecular weight is 291 g/mol. The molecule has 2 rings (SSSR count). The third-order valence-corrected chi connectivity index (χ3v) is 4.36. The number of carbonyl (C=O) groups excluding carboxylic acids is 1. The fourth-order valence-electron chi connectivity index (χ4n) is 2.31. The molecular formula is C16H21NO2S. The number of amides is 1. The Labute approximate surface area is 124 Å². The first-order valence-corrected chi connectivity index (χ1v) is 8.07. The van der Waals surface area contributed by atoms with Gasteiger partial charge in [-0.05, 0) is 25.0 Å². The maximum Gasteiger partial charge on any atom is 0.222 e. The van der Waals surface area contributed by atoms with Gasteiger partial charge in [0, 0.05) is 24.3 Å². The number of hydrogen-bond donors (Lipinski definition) is 1. The van der Waals surface area contributed by atoms with Gasteiger partial charge < -0.3 is 10.0 Å². The Morgan fingerprint density at radius 2 is 2.10 bits per heavy atom. The summed E-state index contributed by atoms with van der Waals surface area (Å²) in [6, 6.07) is 4.05. The van der Waals surface area contributed by atoms with Crippen LogP contribution in [0.2, 0.25) is 0 Å². The van der Waals surface area contributed by atoms with Crippen molar-refractivity contribution in [2.75, 3.05) is 13.2 Å². The number of aliphatic hydroxyl groups excluding tert-OH is 1. The molecule has 0 bridgehead atoms. The van der Waals surface area contributed by atoms with Gasteiger partial charge in [0.05, 0.1) is 18.0 Å². The van der Waals surface area contributed by atoms with E-state index in [9.17, 15) is 4.79 Å². The Kier molecular flexibility index (Phi) is 6.10. The van der Waals surface area contributed by atoms with Crippen LogP contribution < -0.4 is 0 Å². The van der Waals surface area contributed by atoms with E-state index in [0.29, 0.717) is 19.4 Å². The first kappa shape index (κ1) is 15.1. The molecular weight excluding hydrogens is 270 g/mol. The van der Waals surface area contributed by atoms with Crippen LogP contribution in [0.3, 0.4) is 0 Å². The van der Waals surface area contributed by atoms with Gasteiger partial charge in [-0.3, -0.25) is 4.79 Å². The normalized spacial score (nSPS) is 16.2. The highest BCUT2D eigenvalue weighted by Crippen LogP contribution is 2.20. The lowest BCUT2D eigenvalue weighted by atomic mass is 10.1. The van der Waals surface area contributed by atoms with Crippen molar-refractivity contribution in [3.05, 3.63) is 21.9 Å². The predicted molar refractivity (Wildman–Crippen MR) is 81.4 cm³/mol. The second-order valence-electron chi connectivity index (χ2n) is 5.02. The van der Waals surface area contributed by atoms with Crippen LogP contribution in [0, 0.1) is 11.8 Å². The summed E-state index contributed by atoms with van der Waals surface area (Å²) in [5.74, 6) is 6.25. The van der Waals surface area contributed by atoms with Crippen LogP contribution in [-0.4, -0.2) is 29.1 Å². The Morgan fingerprint density at radius 1 is 1.25 bits per heavy atom. The van der Waals surface area contributed by atoms with Crippen molar-refractivity contribution in [2.24, 2.45) is 0 Å². The molecule has 1 aliphatic rings. The number of thiophene rings is 1. The first-order chi connectivity index (χ1) is 9.79. The lowest BCUT2D eigenvalue weighted by Crippen LogP contribution is -2.32. The van der Waals surface area contributed by atoms with E-state index in [4.69, 9.17) is 5.11 Å². The zero-order chi connectivity index (χ0) is 14.2. The van der Waals surface area contributed by atoms with Crippen LogP contribution in [0.5, 0.6) is 0 Å². The molecule has 0 radical (unpaired) electrons. The topological polar surface area (TPSA) is 40.5 Å². The predicted octanol–water partition coefficient (Wildman–Crippen LogP) is 2.77. The summed E-state index contributed by atoms with van der Waals surface area (Å²) in [7, 11) is 0. The second kappa shape index (κ2) is 8.08. The molecule has 1 aromatic heterocycles. The maximum absolute atomic E-state index is 12.1. The molecule has 1 aliphatic heterocycles. The van der Waals surface area contributed by atoms with E-state index in [2.05, 4.69) is 17.9 Å². The minimum Gasteiger partial charge on any atom is -0.395 e. The van der Waals surface area contributed by atoms with Gasteiger partial charge in [-0.1, -0.05) is 24.7 Å². The van der Waals surface area contributed by atoms with E-state index in [-0.39, 0.29) is 12.5 Å². The monoisotopic (exact) mass is 291 g/mol. The van der Waals surface area contributed by atoms with Gasteiger partial charge in [0.1, 0.15) is 0 Å². The molecule has 1 aromatic rings. The molecule has 0 aliphatic carbocycles. The Morgan fingerprint density at radius 3 is 2.95 bits per heavy atom. The van der Waals surface area contributed by atoms with Crippen LogP contribution in [0.15, 0.2) is 12.1 Å². The van der Waals surface area contributed by atoms with E-state index in [1.54, 1.807) is 11.3 Å². The van der Waals surface area contributed by atoms with Crippen LogP contribution in [0.4, 0.5) is 0 Å². The van der Waals surface area contributed by atoms with Crippen LogP contribution in [0.25, 0.3) is 0 Å². The highest BCUT2D eigenvalue weighted by Gasteiger charge is 2.16. The minimum absolute atomic E-state index is 0.105. The summed E-state index contributed by atoms with van der Waals surface area (Å²) in [4.78, 5) is 16.2. The van der Waals surface area contributed by atoms with Crippen LogP contribution in [-0.2, 0) is 11.3 Å². The molecule has 1 fully saturated rings. The first-order valence-electron chi connectivity index (χ1n) is 7.26. The van der Waals surface area contributed by atoms with E-state index >= 15 is 0 Å². The minimum atomic E-state index is 0.105. The molecule has 0 unspecified atom stereocenters. The van der Waals surface area contributed by atoms with Crippen molar-refractivity contribution in [1.29, 1.82) is 0 Å².